The zero-order valence-electron chi connectivity index (χ0n) is 19.7. The number of carboxylic acids is 1. The fourth-order valence-electron chi connectivity index (χ4n) is 4.20. The van der Waals surface area contributed by atoms with Crippen molar-refractivity contribution in [3.05, 3.63) is 59.7 Å². The van der Waals surface area contributed by atoms with Crippen LogP contribution in [0, 0.1) is 5.92 Å². The maximum atomic E-state index is 12.6. The number of ether oxygens (including phenoxy) is 2. The Labute approximate surface area is 199 Å². The van der Waals surface area contributed by atoms with Gasteiger partial charge in [0.1, 0.15) is 6.61 Å². The van der Waals surface area contributed by atoms with E-state index in [1.807, 2.05) is 38.1 Å². The number of nitrogens with one attached hydrogen (secondary N) is 2. The quantitative estimate of drug-likeness (QED) is 0.465. The molecule has 182 valence electrons. The fourth-order valence-corrected chi connectivity index (χ4v) is 4.20. The van der Waals surface area contributed by atoms with Gasteiger partial charge in [-0.15, -0.1) is 0 Å². The molecular weight excluding hydrogens is 436 g/mol. The molecule has 1 unspecified atom stereocenters. The van der Waals surface area contributed by atoms with Gasteiger partial charge in [0, 0.05) is 38.5 Å². The summed E-state index contributed by atoms with van der Waals surface area (Å²) in [6.45, 7) is 4.18. The number of rotatable bonds is 11. The van der Waals surface area contributed by atoms with Crippen LogP contribution in [0.2, 0.25) is 0 Å². The van der Waals surface area contributed by atoms with Crippen LogP contribution < -0.4 is 10.6 Å². The number of hydrogen-bond donors (Lipinski definition) is 3. The van der Waals surface area contributed by atoms with E-state index in [0.717, 1.165) is 22.3 Å². The van der Waals surface area contributed by atoms with Gasteiger partial charge in [-0.3, -0.25) is 4.79 Å². The number of alkyl carbamates (subject to hydrolysis) is 1. The molecule has 8 nitrogen and oxygen atoms in total. The Morgan fingerprint density at radius 1 is 1.00 bits per heavy atom. The lowest BCUT2D eigenvalue weighted by atomic mass is 9.98. The molecule has 0 spiro atoms. The molecule has 8 heteroatoms. The summed E-state index contributed by atoms with van der Waals surface area (Å²) < 4.78 is 10.4. The number of amides is 2. The van der Waals surface area contributed by atoms with Gasteiger partial charge in [-0.25, -0.2) is 9.59 Å². The van der Waals surface area contributed by atoms with Crippen LogP contribution in [0.3, 0.4) is 0 Å². The molecule has 2 aromatic rings. The minimum Gasteiger partial charge on any atom is -0.479 e. The highest BCUT2D eigenvalue weighted by Crippen LogP contribution is 2.44. The summed E-state index contributed by atoms with van der Waals surface area (Å²) in [4.78, 5) is 35.9. The number of benzene rings is 2. The molecule has 0 saturated carbocycles. The molecule has 0 heterocycles. The van der Waals surface area contributed by atoms with Gasteiger partial charge in [-0.1, -0.05) is 62.4 Å². The maximum Gasteiger partial charge on any atom is 0.407 e. The molecule has 0 radical (unpaired) electrons. The summed E-state index contributed by atoms with van der Waals surface area (Å²) in [7, 11) is 1.31. The number of fused-ring (bicyclic) bond motifs is 3. The van der Waals surface area contributed by atoms with E-state index in [1.54, 1.807) is 0 Å². The van der Waals surface area contributed by atoms with Crippen LogP contribution in [0.25, 0.3) is 11.1 Å². The van der Waals surface area contributed by atoms with Gasteiger partial charge >= 0.3 is 12.1 Å². The van der Waals surface area contributed by atoms with Crippen LogP contribution in [0.1, 0.15) is 43.7 Å². The van der Waals surface area contributed by atoms with E-state index < -0.39 is 24.2 Å². The van der Waals surface area contributed by atoms with Gasteiger partial charge < -0.3 is 25.2 Å². The third-order valence-electron chi connectivity index (χ3n) is 6.15. The molecular formula is C26H32N2O6. The molecule has 3 rings (SSSR count). The lowest BCUT2D eigenvalue weighted by Gasteiger charge is -2.22. The lowest BCUT2D eigenvalue weighted by molar-refractivity contribution is -0.149. The van der Waals surface area contributed by atoms with Crippen molar-refractivity contribution in [2.24, 2.45) is 5.92 Å². The van der Waals surface area contributed by atoms with E-state index in [4.69, 9.17) is 14.6 Å². The second-order valence-corrected chi connectivity index (χ2v) is 8.73. The number of carboxylic acid groups (broad SMARTS) is 1. The predicted molar refractivity (Wildman–Crippen MR) is 128 cm³/mol. The summed E-state index contributed by atoms with van der Waals surface area (Å²) in [5.41, 5.74) is 4.57. The number of carbonyl (C=O) groups excluding carboxylic acids is 2. The zero-order chi connectivity index (χ0) is 24.7. The first kappa shape index (κ1) is 25.2. The van der Waals surface area contributed by atoms with Crippen LogP contribution in [-0.4, -0.2) is 55.5 Å². The van der Waals surface area contributed by atoms with E-state index >= 15 is 0 Å². The van der Waals surface area contributed by atoms with E-state index in [9.17, 15) is 14.4 Å². The highest BCUT2D eigenvalue weighted by Gasteiger charge is 2.29. The first-order chi connectivity index (χ1) is 16.3. The summed E-state index contributed by atoms with van der Waals surface area (Å²) in [5.74, 6) is -1.40. The van der Waals surface area contributed by atoms with Crippen LogP contribution in [0.15, 0.2) is 48.5 Å². The average molecular weight is 469 g/mol. The van der Waals surface area contributed by atoms with Crippen molar-refractivity contribution < 1.29 is 29.0 Å². The maximum absolute atomic E-state index is 12.6. The third-order valence-corrected chi connectivity index (χ3v) is 6.15. The van der Waals surface area contributed by atoms with E-state index in [2.05, 4.69) is 34.9 Å². The van der Waals surface area contributed by atoms with Crippen molar-refractivity contribution in [1.82, 2.24) is 10.6 Å². The second-order valence-electron chi connectivity index (χ2n) is 8.73. The van der Waals surface area contributed by atoms with E-state index in [0.29, 0.717) is 0 Å². The first-order valence-corrected chi connectivity index (χ1v) is 11.5. The minimum atomic E-state index is -1.08. The molecule has 0 saturated heterocycles. The van der Waals surface area contributed by atoms with Gasteiger partial charge in [0.05, 0.1) is 0 Å². The number of carbonyl (C=O) groups is 3. The normalized spacial score (nSPS) is 14.1. The van der Waals surface area contributed by atoms with Crippen molar-refractivity contribution >= 4 is 18.0 Å². The second kappa shape index (κ2) is 11.7. The molecule has 0 bridgehead atoms. The molecule has 0 aromatic heterocycles. The first-order valence-electron chi connectivity index (χ1n) is 11.5. The highest BCUT2D eigenvalue weighted by molar-refractivity contribution is 5.79. The monoisotopic (exact) mass is 468 g/mol. The van der Waals surface area contributed by atoms with E-state index in [-0.39, 0.29) is 43.7 Å². The molecule has 0 aliphatic heterocycles. The Hall–Kier alpha value is -3.39. The molecule has 34 heavy (non-hydrogen) atoms. The molecule has 1 aliphatic carbocycles. The van der Waals surface area contributed by atoms with Crippen molar-refractivity contribution in [2.75, 3.05) is 20.3 Å². The third kappa shape index (κ3) is 6.14. The summed E-state index contributed by atoms with van der Waals surface area (Å²) in [6.07, 6.45) is -1.32. The Morgan fingerprint density at radius 3 is 2.12 bits per heavy atom. The van der Waals surface area contributed by atoms with Crippen molar-refractivity contribution in [2.45, 2.75) is 44.8 Å². The minimum absolute atomic E-state index is 0.00280. The van der Waals surface area contributed by atoms with Crippen molar-refractivity contribution in [3.63, 3.8) is 0 Å². The molecule has 3 N–H and O–H groups in total. The predicted octanol–water partition coefficient (Wildman–Crippen LogP) is 3.55. The van der Waals surface area contributed by atoms with Crippen LogP contribution >= 0.6 is 0 Å². The molecule has 2 aromatic carbocycles. The number of hydrogen-bond acceptors (Lipinski definition) is 5. The van der Waals surface area contributed by atoms with Crippen molar-refractivity contribution in [1.29, 1.82) is 0 Å². The Kier molecular flexibility index (Phi) is 8.65. The molecule has 1 aliphatic rings. The van der Waals surface area contributed by atoms with Crippen LogP contribution in [0.5, 0.6) is 0 Å². The van der Waals surface area contributed by atoms with Gasteiger partial charge in [0.2, 0.25) is 5.91 Å². The standard InChI is InChI=1S/C26H32N2O6/c1-16(2)22(14-24(29)27-13-12-23(33-3)25(30)31)28-26(32)34-15-21-19-10-6-4-8-17(19)18-9-5-7-11-20(18)21/h4-11,16,21-23H,12-15H2,1-3H3,(H,27,29)(H,28,32)(H,30,31)/t22-,23?/m1/s1. The van der Waals surface area contributed by atoms with Gasteiger partial charge in [0.15, 0.2) is 6.10 Å². The van der Waals surface area contributed by atoms with Gasteiger partial charge in [-0.05, 0) is 28.2 Å². The fraction of sp³-hybridized carbons (Fsp3) is 0.423. The Bertz CT molecular complexity index is 976. The largest absolute Gasteiger partial charge is 0.479 e. The summed E-state index contributed by atoms with van der Waals surface area (Å²) >= 11 is 0. The zero-order valence-corrected chi connectivity index (χ0v) is 19.7. The van der Waals surface area contributed by atoms with Gasteiger partial charge in [-0.2, -0.15) is 0 Å². The topological polar surface area (TPSA) is 114 Å². The van der Waals surface area contributed by atoms with Crippen molar-refractivity contribution in [3.8, 4) is 11.1 Å². The van der Waals surface area contributed by atoms with Crippen LogP contribution in [0.4, 0.5) is 4.79 Å². The summed E-state index contributed by atoms with van der Waals surface area (Å²) in [6, 6.07) is 15.8. The smallest absolute Gasteiger partial charge is 0.407 e. The molecule has 2 amide bonds. The van der Waals surface area contributed by atoms with Gasteiger partial charge in [0.25, 0.3) is 0 Å². The number of methoxy groups -OCH3 is 1. The average Bonchev–Trinajstić information content (AvgIpc) is 3.13. The Balaban J connectivity index is 1.53. The summed E-state index contributed by atoms with van der Waals surface area (Å²) in [5, 5.41) is 14.5. The lowest BCUT2D eigenvalue weighted by Crippen LogP contribution is -2.43. The Morgan fingerprint density at radius 2 is 1.59 bits per heavy atom. The SMILES string of the molecule is COC(CCNC(=O)C[C@@H](NC(=O)OCC1c2ccccc2-c2ccccc21)C(C)C)C(=O)O. The highest BCUT2D eigenvalue weighted by atomic mass is 16.5. The molecule has 0 fully saturated rings. The van der Waals surface area contributed by atoms with E-state index in [1.165, 1.54) is 7.11 Å². The molecule has 2 atom stereocenters. The number of aliphatic carboxylic acids is 1. The van der Waals surface area contributed by atoms with Crippen LogP contribution in [-0.2, 0) is 19.1 Å².